The molecule has 0 saturated heterocycles. The molecule has 2 saturated carbocycles. The van der Waals surface area contributed by atoms with Crippen LogP contribution >= 0.6 is 0 Å². The summed E-state index contributed by atoms with van der Waals surface area (Å²) in [5.74, 6) is 2.63. The topological polar surface area (TPSA) is 26.3 Å². The standard InChI is InChI=1S/C24H36O2/c1-2-3-7-20-8-10-21(11-9-20)18-26-23-14-12-22(13-15-23)24(19-25)16-5-4-6-17-24/h12-15,19-21H,2-11,16-18H2,1H3. The van der Waals surface area contributed by atoms with Crippen molar-refractivity contribution in [1.29, 1.82) is 0 Å². The third-order valence-corrected chi connectivity index (χ3v) is 6.82. The molecule has 2 nitrogen and oxygen atoms in total. The van der Waals surface area contributed by atoms with E-state index >= 15 is 0 Å². The number of rotatable bonds is 8. The molecular formula is C24H36O2. The van der Waals surface area contributed by atoms with Gasteiger partial charge in [0.1, 0.15) is 12.0 Å². The summed E-state index contributed by atoms with van der Waals surface area (Å²) >= 11 is 0. The highest BCUT2D eigenvalue weighted by molar-refractivity contribution is 5.69. The number of benzene rings is 1. The Balaban J connectivity index is 1.47. The number of unbranched alkanes of at least 4 members (excludes halogenated alkanes) is 1. The van der Waals surface area contributed by atoms with Crippen molar-refractivity contribution in [1.82, 2.24) is 0 Å². The van der Waals surface area contributed by atoms with Gasteiger partial charge in [0.15, 0.2) is 0 Å². The van der Waals surface area contributed by atoms with Crippen molar-refractivity contribution >= 4 is 6.29 Å². The average Bonchev–Trinajstić information content (AvgIpc) is 2.72. The van der Waals surface area contributed by atoms with Gasteiger partial charge in [0.05, 0.1) is 12.0 Å². The molecule has 0 unspecified atom stereocenters. The van der Waals surface area contributed by atoms with Crippen molar-refractivity contribution in [2.45, 2.75) is 89.4 Å². The first-order valence-electron chi connectivity index (χ1n) is 11.0. The van der Waals surface area contributed by atoms with Gasteiger partial charge in [0, 0.05) is 0 Å². The summed E-state index contributed by atoms with van der Waals surface area (Å²) in [4.78, 5) is 11.8. The van der Waals surface area contributed by atoms with E-state index in [0.717, 1.165) is 44.0 Å². The monoisotopic (exact) mass is 356 g/mol. The van der Waals surface area contributed by atoms with Crippen LogP contribution in [0.25, 0.3) is 0 Å². The Morgan fingerprint density at radius 2 is 1.65 bits per heavy atom. The Bertz CT molecular complexity index is 534. The lowest BCUT2D eigenvalue weighted by Crippen LogP contribution is -2.30. The number of ether oxygens (including phenoxy) is 1. The number of hydrogen-bond acceptors (Lipinski definition) is 2. The van der Waals surface area contributed by atoms with E-state index in [4.69, 9.17) is 4.74 Å². The molecule has 0 spiro atoms. The lowest BCUT2D eigenvalue weighted by Gasteiger charge is -2.32. The summed E-state index contributed by atoms with van der Waals surface area (Å²) in [6.45, 7) is 3.13. The molecule has 0 aliphatic heterocycles. The van der Waals surface area contributed by atoms with Gasteiger partial charge in [-0.25, -0.2) is 0 Å². The van der Waals surface area contributed by atoms with E-state index in [1.807, 2.05) is 0 Å². The van der Waals surface area contributed by atoms with Crippen molar-refractivity contribution in [3.63, 3.8) is 0 Å². The predicted octanol–water partition coefficient (Wildman–Crippen LogP) is 6.46. The molecule has 2 aliphatic carbocycles. The van der Waals surface area contributed by atoms with Gasteiger partial charge in [0.25, 0.3) is 0 Å². The molecule has 1 aromatic rings. The Morgan fingerprint density at radius 1 is 1.00 bits per heavy atom. The van der Waals surface area contributed by atoms with Gasteiger partial charge >= 0.3 is 0 Å². The number of carbonyl (C=O) groups is 1. The van der Waals surface area contributed by atoms with E-state index in [-0.39, 0.29) is 5.41 Å². The minimum atomic E-state index is -0.242. The zero-order chi connectivity index (χ0) is 18.2. The summed E-state index contributed by atoms with van der Waals surface area (Å²) in [7, 11) is 0. The molecule has 144 valence electrons. The highest BCUT2D eigenvalue weighted by Crippen LogP contribution is 2.38. The molecular weight excluding hydrogens is 320 g/mol. The van der Waals surface area contributed by atoms with Crippen LogP contribution in [0.2, 0.25) is 0 Å². The fraction of sp³-hybridized carbons (Fsp3) is 0.708. The van der Waals surface area contributed by atoms with Crippen LogP contribution in [0.15, 0.2) is 24.3 Å². The molecule has 26 heavy (non-hydrogen) atoms. The van der Waals surface area contributed by atoms with Crippen LogP contribution in [0, 0.1) is 11.8 Å². The Hall–Kier alpha value is -1.31. The predicted molar refractivity (Wildman–Crippen MR) is 108 cm³/mol. The normalized spacial score (nSPS) is 25.6. The fourth-order valence-corrected chi connectivity index (χ4v) is 4.93. The second-order valence-electron chi connectivity index (χ2n) is 8.70. The zero-order valence-corrected chi connectivity index (χ0v) is 16.6. The van der Waals surface area contributed by atoms with Gasteiger partial charge in [-0.3, -0.25) is 0 Å². The van der Waals surface area contributed by atoms with Gasteiger partial charge in [-0.2, -0.15) is 0 Å². The second-order valence-corrected chi connectivity index (χ2v) is 8.70. The highest BCUT2D eigenvalue weighted by Gasteiger charge is 2.33. The van der Waals surface area contributed by atoms with Crippen LogP contribution < -0.4 is 4.74 Å². The summed E-state index contributed by atoms with van der Waals surface area (Å²) in [5.41, 5.74) is 0.934. The molecule has 0 radical (unpaired) electrons. The van der Waals surface area contributed by atoms with Crippen LogP contribution in [0.1, 0.15) is 89.5 Å². The van der Waals surface area contributed by atoms with Gasteiger partial charge in [-0.15, -0.1) is 0 Å². The first-order valence-corrected chi connectivity index (χ1v) is 11.0. The van der Waals surface area contributed by atoms with Gasteiger partial charge in [-0.1, -0.05) is 70.4 Å². The fourth-order valence-electron chi connectivity index (χ4n) is 4.93. The second kappa shape index (κ2) is 9.58. The summed E-state index contributed by atoms with van der Waals surface area (Å²) < 4.78 is 6.08. The molecule has 0 aromatic heterocycles. The van der Waals surface area contributed by atoms with E-state index in [1.165, 1.54) is 63.2 Å². The van der Waals surface area contributed by atoms with E-state index < -0.39 is 0 Å². The van der Waals surface area contributed by atoms with E-state index in [9.17, 15) is 4.79 Å². The summed E-state index contributed by atoms with van der Waals surface area (Å²) in [6, 6.07) is 8.39. The van der Waals surface area contributed by atoms with Gasteiger partial charge < -0.3 is 9.53 Å². The van der Waals surface area contributed by atoms with Gasteiger partial charge in [0.2, 0.25) is 0 Å². The Labute approximate surface area is 159 Å². The lowest BCUT2D eigenvalue weighted by atomic mass is 9.70. The quantitative estimate of drug-likeness (QED) is 0.499. The van der Waals surface area contributed by atoms with E-state index in [0.29, 0.717) is 5.92 Å². The maximum absolute atomic E-state index is 11.8. The molecule has 2 heteroatoms. The maximum Gasteiger partial charge on any atom is 0.130 e. The molecule has 2 fully saturated rings. The van der Waals surface area contributed by atoms with Crippen LogP contribution in [-0.2, 0) is 10.2 Å². The lowest BCUT2D eigenvalue weighted by molar-refractivity contribution is -0.113. The van der Waals surface area contributed by atoms with Crippen LogP contribution in [0.3, 0.4) is 0 Å². The van der Waals surface area contributed by atoms with Gasteiger partial charge in [-0.05, 0) is 55.2 Å². The van der Waals surface area contributed by atoms with Crippen molar-refractivity contribution in [3.8, 4) is 5.75 Å². The maximum atomic E-state index is 11.8. The van der Waals surface area contributed by atoms with Crippen molar-refractivity contribution in [2.75, 3.05) is 6.61 Å². The third kappa shape index (κ3) is 4.90. The number of carbonyl (C=O) groups excluding carboxylic acids is 1. The molecule has 2 aliphatic rings. The van der Waals surface area contributed by atoms with Crippen molar-refractivity contribution in [3.05, 3.63) is 29.8 Å². The first-order chi connectivity index (χ1) is 12.8. The molecule has 0 atom stereocenters. The van der Waals surface area contributed by atoms with Crippen LogP contribution in [0.4, 0.5) is 0 Å². The van der Waals surface area contributed by atoms with E-state index in [1.54, 1.807) is 0 Å². The molecule has 0 amide bonds. The third-order valence-electron chi connectivity index (χ3n) is 6.82. The minimum Gasteiger partial charge on any atom is -0.493 e. The van der Waals surface area contributed by atoms with Crippen molar-refractivity contribution in [2.24, 2.45) is 11.8 Å². The SMILES string of the molecule is CCCCC1CCC(COc2ccc(C3(C=O)CCCCC3)cc2)CC1. The largest absolute Gasteiger partial charge is 0.493 e. The first kappa shape index (κ1) is 19.5. The smallest absolute Gasteiger partial charge is 0.130 e. The van der Waals surface area contributed by atoms with Crippen LogP contribution in [-0.4, -0.2) is 12.9 Å². The Morgan fingerprint density at radius 3 is 2.27 bits per heavy atom. The molecule has 0 N–H and O–H groups in total. The average molecular weight is 357 g/mol. The summed E-state index contributed by atoms with van der Waals surface area (Å²) in [5, 5.41) is 0. The van der Waals surface area contributed by atoms with Crippen LogP contribution in [0.5, 0.6) is 5.75 Å². The zero-order valence-electron chi connectivity index (χ0n) is 16.6. The Kier molecular flexibility index (Phi) is 7.16. The highest BCUT2D eigenvalue weighted by atomic mass is 16.5. The molecule has 0 bridgehead atoms. The van der Waals surface area contributed by atoms with E-state index in [2.05, 4.69) is 31.2 Å². The molecule has 0 heterocycles. The van der Waals surface area contributed by atoms with Crippen molar-refractivity contribution < 1.29 is 9.53 Å². The molecule has 3 rings (SSSR count). The summed E-state index contributed by atoms with van der Waals surface area (Å²) in [6.07, 6.45) is 16.3. The minimum absolute atomic E-state index is 0.242. The number of aldehydes is 1. The number of hydrogen-bond donors (Lipinski definition) is 0. The molecule has 1 aromatic carbocycles.